The highest BCUT2D eigenvalue weighted by Gasteiger charge is 2.17. The Balaban J connectivity index is 1.68. The third-order valence-electron chi connectivity index (χ3n) is 3.41. The lowest BCUT2D eigenvalue weighted by Gasteiger charge is -2.25. The predicted molar refractivity (Wildman–Crippen MR) is 83.8 cm³/mol. The number of thiazole rings is 1. The largest absolute Gasteiger partial charge is 0.487 e. The summed E-state index contributed by atoms with van der Waals surface area (Å²) in [6.07, 6.45) is 1.86. The van der Waals surface area contributed by atoms with Gasteiger partial charge in [-0.15, -0.1) is 11.3 Å². The average Bonchev–Trinajstić information content (AvgIpc) is 3.17. The van der Waals surface area contributed by atoms with Crippen molar-refractivity contribution in [2.24, 2.45) is 0 Å². The molecule has 3 heterocycles. The lowest BCUT2D eigenvalue weighted by Crippen LogP contribution is -2.27. The van der Waals surface area contributed by atoms with Gasteiger partial charge in [-0.1, -0.05) is 0 Å². The third kappa shape index (κ3) is 2.29. The molecule has 5 heteroatoms. The van der Waals surface area contributed by atoms with Gasteiger partial charge in [0.05, 0.1) is 18.5 Å². The minimum atomic E-state index is 0.203. The molecule has 0 aliphatic carbocycles. The van der Waals surface area contributed by atoms with Crippen LogP contribution in [0.1, 0.15) is 6.92 Å². The lowest BCUT2D eigenvalue weighted by molar-refractivity contribution is 0.226. The summed E-state index contributed by atoms with van der Waals surface area (Å²) in [5.74, 6) is 1.70. The van der Waals surface area contributed by atoms with Crippen molar-refractivity contribution in [1.29, 1.82) is 0 Å². The van der Waals surface area contributed by atoms with Crippen molar-refractivity contribution in [3.8, 4) is 27.8 Å². The van der Waals surface area contributed by atoms with Crippen LogP contribution in [-0.2, 0) is 0 Å². The Hall–Kier alpha value is -2.27. The van der Waals surface area contributed by atoms with Crippen LogP contribution in [0.2, 0.25) is 0 Å². The van der Waals surface area contributed by atoms with Crippen molar-refractivity contribution in [3.63, 3.8) is 0 Å². The van der Waals surface area contributed by atoms with Gasteiger partial charge in [0, 0.05) is 10.9 Å². The molecule has 3 aromatic rings. The quantitative estimate of drug-likeness (QED) is 0.768. The average molecular weight is 298 g/mol. The predicted octanol–water partition coefficient (Wildman–Crippen LogP) is 4.26. The molecule has 0 saturated carbocycles. The van der Waals surface area contributed by atoms with Crippen LogP contribution in [0.5, 0.6) is 5.75 Å². The van der Waals surface area contributed by atoms with E-state index in [1.165, 1.54) is 0 Å². The fraction of sp³-hybridized carbons (Fsp3) is 0.188. The maximum absolute atomic E-state index is 5.79. The SMILES string of the molecule is CC1CNc2cc(-c3nc(-c4ccco4)cs3)ccc2O1. The van der Waals surface area contributed by atoms with Gasteiger partial charge >= 0.3 is 0 Å². The zero-order valence-corrected chi connectivity index (χ0v) is 12.3. The van der Waals surface area contributed by atoms with Gasteiger partial charge in [0.1, 0.15) is 22.6 Å². The smallest absolute Gasteiger partial charge is 0.153 e. The molecule has 1 aliphatic rings. The van der Waals surface area contributed by atoms with Crippen LogP contribution in [0, 0.1) is 0 Å². The van der Waals surface area contributed by atoms with E-state index in [1.807, 2.05) is 29.6 Å². The van der Waals surface area contributed by atoms with E-state index < -0.39 is 0 Å². The first-order chi connectivity index (χ1) is 10.3. The number of hydrogen-bond acceptors (Lipinski definition) is 5. The summed E-state index contributed by atoms with van der Waals surface area (Å²) in [5.41, 5.74) is 2.98. The van der Waals surface area contributed by atoms with Crippen LogP contribution in [0.25, 0.3) is 22.0 Å². The first-order valence-electron chi connectivity index (χ1n) is 6.84. The Kier molecular flexibility index (Phi) is 2.93. The number of ether oxygens (including phenoxy) is 1. The topological polar surface area (TPSA) is 47.3 Å². The molecule has 1 N–H and O–H groups in total. The summed E-state index contributed by atoms with van der Waals surface area (Å²) < 4.78 is 11.2. The van der Waals surface area contributed by atoms with Crippen LogP contribution in [-0.4, -0.2) is 17.6 Å². The second kappa shape index (κ2) is 4.93. The molecule has 0 amide bonds. The molecule has 0 bridgehead atoms. The lowest BCUT2D eigenvalue weighted by atomic mass is 10.1. The Morgan fingerprint density at radius 1 is 1.33 bits per heavy atom. The van der Waals surface area contributed by atoms with E-state index >= 15 is 0 Å². The highest BCUT2D eigenvalue weighted by molar-refractivity contribution is 7.13. The maximum atomic E-state index is 5.79. The Labute approximate surface area is 126 Å². The fourth-order valence-electron chi connectivity index (χ4n) is 2.36. The summed E-state index contributed by atoms with van der Waals surface area (Å²) in [5, 5.41) is 6.38. The van der Waals surface area contributed by atoms with Crippen molar-refractivity contribution in [1.82, 2.24) is 4.98 Å². The Morgan fingerprint density at radius 2 is 2.29 bits per heavy atom. The summed E-state index contributed by atoms with van der Waals surface area (Å²) in [4.78, 5) is 4.64. The highest BCUT2D eigenvalue weighted by Crippen LogP contribution is 2.35. The van der Waals surface area contributed by atoms with Crippen molar-refractivity contribution in [3.05, 3.63) is 42.0 Å². The van der Waals surface area contributed by atoms with Crippen LogP contribution >= 0.6 is 11.3 Å². The van der Waals surface area contributed by atoms with E-state index in [1.54, 1.807) is 17.6 Å². The van der Waals surface area contributed by atoms with E-state index in [0.717, 1.165) is 40.0 Å². The van der Waals surface area contributed by atoms with Crippen molar-refractivity contribution in [2.75, 3.05) is 11.9 Å². The Bertz CT molecular complexity index is 764. The van der Waals surface area contributed by atoms with E-state index in [0.29, 0.717) is 0 Å². The number of anilines is 1. The van der Waals surface area contributed by atoms with Crippen molar-refractivity contribution >= 4 is 17.0 Å². The van der Waals surface area contributed by atoms with Crippen LogP contribution in [0.4, 0.5) is 5.69 Å². The first-order valence-corrected chi connectivity index (χ1v) is 7.72. The second-order valence-corrected chi connectivity index (χ2v) is 5.89. The molecule has 1 aliphatic heterocycles. The van der Waals surface area contributed by atoms with Gasteiger partial charge in [-0.25, -0.2) is 4.98 Å². The number of nitrogens with one attached hydrogen (secondary N) is 1. The number of furan rings is 1. The zero-order chi connectivity index (χ0) is 14.2. The van der Waals surface area contributed by atoms with E-state index in [4.69, 9.17) is 9.15 Å². The summed E-state index contributed by atoms with van der Waals surface area (Å²) >= 11 is 1.61. The summed E-state index contributed by atoms with van der Waals surface area (Å²) in [6, 6.07) is 9.93. The molecule has 21 heavy (non-hydrogen) atoms. The van der Waals surface area contributed by atoms with Gasteiger partial charge in [-0.2, -0.15) is 0 Å². The molecule has 1 aromatic carbocycles. The van der Waals surface area contributed by atoms with E-state index in [2.05, 4.69) is 23.3 Å². The molecule has 0 spiro atoms. The highest BCUT2D eigenvalue weighted by atomic mass is 32.1. The molecule has 106 valence electrons. The number of rotatable bonds is 2. The van der Waals surface area contributed by atoms with Crippen LogP contribution in [0.3, 0.4) is 0 Å². The summed E-state index contributed by atoms with van der Waals surface area (Å²) in [6.45, 7) is 2.88. The molecular weight excluding hydrogens is 284 g/mol. The molecule has 0 radical (unpaired) electrons. The number of fused-ring (bicyclic) bond motifs is 1. The van der Waals surface area contributed by atoms with Crippen LogP contribution < -0.4 is 10.1 Å². The minimum Gasteiger partial charge on any atom is -0.487 e. The standard InChI is InChI=1S/C16H14N2O2S/c1-10-8-17-12-7-11(4-5-15(12)20-10)16-18-13(9-21-16)14-3-2-6-19-14/h2-7,9-10,17H,8H2,1H3. The van der Waals surface area contributed by atoms with E-state index in [-0.39, 0.29) is 6.10 Å². The zero-order valence-electron chi connectivity index (χ0n) is 11.5. The minimum absolute atomic E-state index is 0.203. The van der Waals surface area contributed by atoms with Gasteiger partial charge in [0.2, 0.25) is 0 Å². The monoisotopic (exact) mass is 298 g/mol. The Morgan fingerprint density at radius 3 is 3.14 bits per heavy atom. The van der Waals surface area contributed by atoms with Gasteiger partial charge in [-0.3, -0.25) is 0 Å². The van der Waals surface area contributed by atoms with Crippen LogP contribution in [0.15, 0.2) is 46.4 Å². The molecule has 2 aromatic heterocycles. The number of benzene rings is 1. The van der Waals surface area contributed by atoms with Gasteiger partial charge < -0.3 is 14.5 Å². The number of hydrogen-bond donors (Lipinski definition) is 1. The van der Waals surface area contributed by atoms with Gasteiger partial charge in [0.25, 0.3) is 0 Å². The molecule has 4 rings (SSSR count). The number of nitrogens with zero attached hydrogens (tertiary/aromatic N) is 1. The normalized spacial score (nSPS) is 16.9. The first kappa shape index (κ1) is 12.5. The fourth-order valence-corrected chi connectivity index (χ4v) is 3.17. The third-order valence-corrected chi connectivity index (χ3v) is 4.30. The molecule has 1 unspecified atom stereocenters. The van der Waals surface area contributed by atoms with Gasteiger partial charge in [-0.05, 0) is 37.3 Å². The second-order valence-electron chi connectivity index (χ2n) is 5.04. The van der Waals surface area contributed by atoms with E-state index in [9.17, 15) is 0 Å². The molecule has 4 nitrogen and oxygen atoms in total. The van der Waals surface area contributed by atoms with Gasteiger partial charge in [0.15, 0.2) is 5.76 Å². The number of aromatic nitrogens is 1. The summed E-state index contributed by atoms with van der Waals surface area (Å²) in [7, 11) is 0. The van der Waals surface area contributed by atoms with Crippen molar-refractivity contribution < 1.29 is 9.15 Å². The molecule has 0 fully saturated rings. The molecule has 1 atom stereocenters. The molecule has 0 saturated heterocycles. The molecular formula is C16H14N2O2S. The van der Waals surface area contributed by atoms with Crippen molar-refractivity contribution in [2.45, 2.75) is 13.0 Å². The maximum Gasteiger partial charge on any atom is 0.153 e.